The Balaban J connectivity index is 1.59. The van der Waals surface area contributed by atoms with Gasteiger partial charge in [0.15, 0.2) is 5.96 Å². The van der Waals surface area contributed by atoms with Crippen LogP contribution in [-0.2, 0) is 11.3 Å². The molecule has 1 atom stereocenters. The Kier molecular flexibility index (Phi) is 6.72. The van der Waals surface area contributed by atoms with E-state index in [2.05, 4.69) is 46.5 Å². The fraction of sp³-hybridized carbons (Fsp3) is 0.700. The fourth-order valence-corrected chi connectivity index (χ4v) is 3.61. The van der Waals surface area contributed by atoms with Gasteiger partial charge in [-0.05, 0) is 63.6 Å². The van der Waals surface area contributed by atoms with Gasteiger partial charge in [-0.1, -0.05) is 0 Å². The average Bonchev–Trinajstić information content (AvgIpc) is 3.12. The number of nitrogens with one attached hydrogen (secondary N) is 2. The van der Waals surface area contributed by atoms with E-state index in [0.717, 1.165) is 57.4 Å². The van der Waals surface area contributed by atoms with E-state index in [1.54, 1.807) is 0 Å². The zero-order chi connectivity index (χ0) is 18.2. The Morgan fingerprint density at radius 1 is 1.27 bits per heavy atom. The Labute approximate surface area is 157 Å². The second-order valence-corrected chi connectivity index (χ2v) is 7.52. The van der Waals surface area contributed by atoms with E-state index in [9.17, 15) is 0 Å². The predicted molar refractivity (Wildman–Crippen MR) is 107 cm³/mol. The van der Waals surface area contributed by atoms with Crippen molar-refractivity contribution < 1.29 is 4.74 Å². The largest absolute Gasteiger partial charge is 0.373 e. The molecule has 2 aliphatic rings. The molecule has 1 unspecified atom stereocenters. The average molecular weight is 360 g/mol. The van der Waals surface area contributed by atoms with Crippen LogP contribution in [0, 0.1) is 0 Å². The molecule has 2 N–H and O–H groups in total. The molecule has 2 fully saturated rings. The van der Waals surface area contributed by atoms with Gasteiger partial charge in [-0.3, -0.25) is 0 Å². The van der Waals surface area contributed by atoms with E-state index in [0.29, 0.717) is 6.54 Å². The van der Waals surface area contributed by atoms with Crippen molar-refractivity contribution in [1.29, 1.82) is 0 Å². The molecule has 3 rings (SSSR count). The van der Waals surface area contributed by atoms with Gasteiger partial charge in [0.05, 0.1) is 12.1 Å². The van der Waals surface area contributed by atoms with E-state index < -0.39 is 0 Å². The van der Waals surface area contributed by atoms with Gasteiger partial charge in [-0.2, -0.15) is 0 Å². The third-order valence-electron chi connectivity index (χ3n) is 5.18. The summed E-state index contributed by atoms with van der Waals surface area (Å²) in [6.07, 6.45) is 8.01. The maximum absolute atomic E-state index is 5.86. The highest BCUT2D eigenvalue weighted by Crippen LogP contribution is 2.24. The summed E-state index contributed by atoms with van der Waals surface area (Å²) in [5.41, 5.74) is 1.12. The summed E-state index contributed by atoms with van der Waals surface area (Å²) >= 11 is 0. The van der Waals surface area contributed by atoms with E-state index in [-0.39, 0.29) is 5.60 Å². The zero-order valence-corrected chi connectivity index (χ0v) is 16.3. The van der Waals surface area contributed by atoms with Crippen LogP contribution in [0.2, 0.25) is 0 Å². The molecule has 0 aliphatic carbocycles. The number of ether oxygens (including phenoxy) is 1. The van der Waals surface area contributed by atoms with Crippen LogP contribution in [0.5, 0.6) is 0 Å². The van der Waals surface area contributed by atoms with Gasteiger partial charge in [-0.15, -0.1) is 0 Å². The van der Waals surface area contributed by atoms with Crippen molar-refractivity contribution in [2.75, 3.05) is 37.7 Å². The van der Waals surface area contributed by atoms with Crippen LogP contribution < -0.4 is 15.5 Å². The quantitative estimate of drug-likeness (QED) is 0.604. The predicted octanol–water partition coefficient (Wildman–Crippen LogP) is 2.70. The Morgan fingerprint density at radius 3 is 2.85 bits per heavy atom. The highest BCUT2D eigenvalue weighted by Gasteiger charge is 2.29. The lowest BCUT2D eigenvalue weighted by Gasteiger charge is -2.27. The first-order valence-corrected chi connectivity index (χ1v) is 10.0. The molecule has 6 heteroatoms. The molecule has 0 spiro atoms. The minimum atomic E-state index is -0.0751. The highest BCUT2D eigenvalue weighted by atomic mass is 16.5. The number of anilines is 1. The van der Waals surface area contributed by atoms with Gasteiger partial charge < -0.3 is 20.3 Å². The van der Waals surface area contributed by atoms with E-state index in [4.69, 9.17) is 9.73 Å². The number of pyridine rings is 1. The lowest BCUT2D eigenvalue weighted by atomic mass is 10.0. The maximum atomic E-state index is 5.86. The smallest absolute Gasteiger partial charge is 0.191 e. The molecule has 0 radical (unpaired) electrons. The zero-order valence-electron chi connectivity index (χ0n) is 16.3. The van der Waals surface area contributed by atoms with Gasteiger partial charge in [0, 0.05) is 39.0 Å². The summed E-state index contributed by atoms with van der Waals surface area (Å²) in [5.74, 6) is 1.93. The molecule has 3 heterocycles. The summed E-state index contributed by atoms with van der Waals surface area (Å²) in [7, 11) is 0. The van der Waals surface area contributed by atoms with Crippen LogP contribution in [0.15, 0.2) is 23.3 Å². The van der Waals surface area contributed by atoms with E-state index in [1.165, 1.54) is 24.8 Å². The lowest BCUT2D eigenvalue weighted by molar-refractivity contribution is 0.0243. The van der Waals surface area contributed by atoms with Crippen LogP contribution in [-0.4, -0.2) is 49.3 Å². The molecular formula is C20H33N5O. The summed E-state index contributed by atoms with van der Waals surface area (Å²) in [6, 6.07) is 4.24. The SMILES string of the molecule is CCNC(=NCc1ccnc(N2CCCCC2)c1)NCC1(C)CCCO1. The molecule has 6 nitrogen and oxygen atoms in total. The van der Waals surface area contributed by atoms with Crippen molar-refractivity contribution >= 4 is 11.8 Å². The van der Waals surface area contributed by atoms with Crippen molar-refractivity contribution in [2.24, 2.45) is 4.99 Å². The van der Waals surface area contributed by atoms with E-state index >= 15 is 0 Å². The number of aromatic nitrogens is 1. The number of aliphatic imine (C=N–C) groups is 1. The molecule has 1 aromatic rings. The molecule has 26 heavy (non-hydrogen) atoms. The van der Waals surface area contributed by atoms with Crippen LogP contribution >= 0.6 is 0 Å². The van der Waals surface area contributed by atoms with Crippen molar-refractivity contribution in [2.45, 2.75) is 58.1 Å². The molecular weight excluding hydrogens is 326 g/mol. The number of rotatable bonds is 6. The first-order valence-electron chi connectivity index (χ1n) is 10.0. The van der Waals surface area contributed by atoms with Crippen molar-refractivity contribution in [3.05, 3.63) is 23.9 Å². The van der Waals surface area contributed by atoms with Crippen molar-refractivity contribution in [3.8, 4) is 0 Å². The number of hydrogen-bond donors (Lipinski definition) is 2. The van der Waals surface area contributed by atoms with Gasteiger partial charge in [-0.25, -0.2) is 9.98 Å². The number of nitrogens with zero attached hydrogens (tertiary/aromatic N) is 3. The summed E-state index contributed by atoms with van der Waals surface area (Å²) in [6.45, 7) is 9.63. The minimum absolute atomic E-state index is 0.0751. The van der Waals surface area contributed by atoms with Crippen LogP contribution in [0.25, 0.3) is 0 Å². The summed E-state index contributed by atoms with van der Waals surface area (Å²) < 4.78 is 5.86. The van der Waals surface area contributed by atoms with Crippen LogP contribution in [0.4, 0.5) is 5.82 Å². The molecule has 0 aromatic carbocycles. The topological polar surface area (TPSA) is 61.8 Å². The monoisotopic (exact) mass is 359 g/mol. The van der Waals surface area contributed by atoms with Gasteiger partial charge in [0.1, 0.15) is 5.82 Å². The molecule has 144 valence electrons. The number of hydrogen-bond acceptors (Lipinski definition) is 4. The minimum Gasteiger partial charge on any atom is -0.373 e. The van der Waals surface area contributed by atoms with Gasteiger partial charge in [0.25, 0.3) is 0 Å². The van der Waals surface area contributed by atoms with Crippen LogP contribution in [0.3, 0.4) is 0 Å². The van der Waals surface area contributed by atoms with Gasteiger partial charge >= 0.3 is 0 Å². The molecule has 0 bridgehead atoms. The molecule has 2 aliphatic heterocycles. The first-order chi connectivity index (χ1) is 12.7. The second kappa shape index (κ2) is 9.21. The Hall–Kier alpha value is -1.82. The third-order valence-corrected chi connectivity index (χ3v) is 5.18. The molecule has 2 saturated heterocycles. The van der Waals surface area contributed by atoms with Gasteiger partial charge in [0.2, 0.25) is 0 Å². The number of guanidine groups is 1. The molecule has 1 aromatic heterocycles. The standard InChI is InChI=1S/C20H33N5O/c1-3-21-19(24-16-20(2)9-7-13-26-20)23-15-17-8-10-22-18(14-17)25-11-5-4-6-12-25/h8,10,14H,3-7,9,11-13,15-16H2,1-2H3,(H2,21,23,24). The van der Waals surface area contributed by atoms with Crippen LogP contribution in [0.1, 0.15) is 51.5 Å². The fourth-order valence-electron chi connectivity index (χ4n) is 3.61. The van der Waals surface area contributed by atoms with E-state index in [1.807, 2.05) is 6.20 Å². The first kappa shape index (κ1) is 19.0. The van der Waals surface area contributed by atoms with Crippen molar-refractivity contribution in [3.63, 3.8) is 0 Å². The molecule has 0 saturated carbocycles. The third kappa shape index (κ3) is 5.34. The number of piperidine rings is 1. The Bertz CT molecular complexity index is 592. The second-order valence-electron chi connectivity index (χ2n) is 7.52. The highest BCUT2D eigenvalue weighted by molar-refractivity contribution is 5.79. The molecule has 0 amide bonds. The Morgan fingerprint density at radius 2 is 2.12 bits per heavy atom. The normalized spacial score (nSPS) is 23.9. The van der Waals surface area contributed by atoms with Crippen molar-refractivity contribution in [1.82, 2.24) is 15.6 Å². The maximum Gasteiger partial charge on any atom is 0.191 e. The lowest BCUT2D eigenvalue weighted by Crippen LogP contribution is -2.45. The summed E-state index contributed by atoms with van der Waals surface area (Å²) in [5, 5.41) is 6.77. The summed E-state index contributed by atoms with van der Waals surface area (Å²) in [4.78, 5) is 11.7.